The van der Waals surface area contributed by atoms with Gasteiger partial charge in [0.2, 0.25) is 0 Å². The van der Waals surface area contributed by atoms with Gasteiger partial charge >= 0.3 is 12.3 Å². The van der Waals surface area contributed by atoms with Gasteiger partial charge in [-0.1, -0.05) is 11.2 Å². The molecule has 1 saturated heterocycles. The van der Waals surface area contributed by atoms with Crippen LogP contribution in [0, 0.1) is 0 Å². The van der Waals surface area contributed by atoms with Gasteiger partial charge in [0.1, 0.15) is 17.7 Å². The highest BCUT2D eigenvalue weighted by Crippen LogP contribution is 2.40. The monoisotopic (exact) mass is 506 g/mol. The molecule has 182 valence electrons. The second-order valence-corrected chi connectivity index (χ2v) is 10.2. The molecule has 8 nitrogen and oxygen atoms in total. The molecule has 0 spiro atoms. The zero-order valence-corrected chi connectivity index (χ0v) is 20.0. The third-order valence-electron chi connectivity index (χ3n) is 5.17. The zero-order valence-electron chi connectivity index (χ0n) is 18.3. The van der Waals surface area contributed by atoms with E-state index < -0.39 is 41.0 Å². The minimum absolute atomic E-state index is 0.0178. The minimum atomic E-state index is -4.60. The number of pyridine rings is 1. The van der Waals surface area contributed by atoms with E-state index in [0.29, 0.717) is 31.7 Å². The molecule has 2 amide bonds. The van der Waals surface area contributed by atoms with E-state index in [1.54, 1.807) is 18.1 Å². The molecule has 3 rings (SSSR count). The van der Waals surface area contributed by atoms with Crippen molar-refractivity contribution in [2.24, 2.45) is 0 Å². The number of halogens is 3. The highest BCUT2D eigenvalue weighted by Gasteiger charge is 2.36. The SMILES string of the molecule is CNC(=O)c1csc2c(C(F)(F)F)cc(N3CCC(OC(=O)NC(C)C[S+](C)[O-])CC3)nc12. The Bertz CT molecular complexity index is 1010. The molecule has 1 aliphatic rings. The summed E-state index contributed by atoms with van der Waals surface area (Å²) in [7, 11) is 1.41. The number of hydrogen-bond donors (Lipinski definition) is 2. The summed E-state index contributed by atoms with van der Waals surface area (Å²) < 4.78 is 57.7. The smallest absolute Gasteiger partial charge is 0.417 e. The van der Waals surface area contributed by atoms with Crippen LogP contribution in [0.5, 0.6) is 0 Å². The lowest BCUT2D eigenvalue weighted by molar-refractivity contribution is -0.136. The van der Waals surface area contributed by atoms with Crippen molar-refractivity contribution in [1.29, 1.82) is 0 Å². The molecule has 0 bridgehead atoms. The first kappa shape index (κ1) is 25.4. The van der Waals surface area contributed by atoms with Crippen molar-refractivity contribution in [1.82, 2.24) is 15.6 Å². The van der Waals surface area contributed by atoms with Gasteiger partial charge in [0.25, 0.3) is 5.91 Å². The number of carbonyl (C=O) groups excluding carboxylic acids is 2. The maximum atomic E-state index is 13.7. The standard InChI is InChI=1S/C20H25F3N4O4S2/c1-11(10-33(3)30)25-19(29)31-12-4-6-27(7-5-12)15-8-14(20(21,22)23)17-16(26-15)13(9-32-17)18(28)24-2/h8-9,11-12H,4-7,10H2,1-3H3,(H,24,28)(H,25,29). The molecular weight excluding hydrogens is 481 g/mol. The summed E-state index contributed by atoms with van der Waals surface area (Å²) in [5.74, 6) is -0.0669. The van der Waals surface area contributed by atoms with Crippen molar-refractivity contribution in [2.45, 2.75) is 38.1 Å². The molecule has 2 aromatic heterocycles. The Morgan fingerprint density at radius 2 is 2.06 bits per heavy atom. The van der Waals surface area contributed by atoms with Gasteiger partial charge in [0.05, 0.1) is 33.6 Å². The number of alkyl halides is 3. The number of thiophene rings is 1. The summed E-state index contributed by atoms with van der Waals surface area (Å²) in [6.45, 7) is 2.40. The van der Waals surface area contributed by atoms with E-state index in [1.165, 1.54) is 12.4 Å². The lowest BCUT2D eigenvalue weighted by Crippen LogP contribution is -2.43. The molecule has 2 N–H and O–H groups in total. The number of anilines is 1. The number of nitrogens with one attached hydrogen (secondary N) is 2. The third kappa shape index (κ3) is 6.21. The molecular formula is C20H25F3N4O4S2. The molecule has 1 aliphatic heterocycles. The summed E-state index contributed by atoms with van der Waals surface area (Å²) in [6, 6.07) is 0.702. The number of nitrogens with zero attached hydrogens (tertiary/aromatic N) is 2. The molecule has 1 fully saturated rings. The Balaban J connectivity index is 1.73. The number of amides is 2. The second-order valence-electron chi connectivity index (χ2n) is 7.81. The number of carbonyl (C=O) groups is 2. The van der Waals surface area contributed by atoms with E-state index in [2.05, 4.69) is 15.6 Å². The predicted octanol–water partition coefficient (Wildman–Crippen LogP) is 3.14. The fourth-order valence-corrected chi connectivity index (χ4v) is 5.46. The molecule has 2 aromatic rings. The van der Waals surface area contributed by atoms with Crippen molar-refractivity contribution in [3.8, 4) is 0 Å². The molecule has 3 heterocycles. The Morgan fingerprint density at radius 1 is 1.39 bits per heavy atom. The molecule has 13 heteroatoms. The van der Waals surface area contributed by atoms with Crippen molar-refractivity contribution >= 4 is 50.5 Å². The van der Waals surface area contributed by atoms with Crippen LogP contribution in [-0.2, 0) is 22.1 Å². The molecule has 0 radical (unpaired) electrons. The fraction of sp³-hybridized carbons (Fsp3) is 0.550. The third-order valence-corrected chi connectivity index (χ3v) is 7.15. The number of alkyl carbamates (subject to hydrolysis) is 1. The van der Waals surface area contributed by atoms with Crippen molar-refractivity contribution in [2.75, 3.05) is 37.0 Å². The molecule has 0 saturated carbocycles. The summed E-state index contributed by atoms with van der Waals surface area (Å²) in [6.07, 6.45) is -3.24. The number of ether oxygens (including phenoxy) is 1. The highest BCUT2D eigenvalue weighted by atomic mass is 32.2. The van der Waals surface area contributed by atoms with E-state index in [0.717, 1.165) is 17.4 Å². The first-order chi connectivity index (χ1) is 15.5. The van der Waals surface area contributed by atoms with Gasteiger partial charge in [0, 0.05) is 38.4 Å². The number of fused-ring (bicyclic) bond motifs is 1. The van der Waals surface area contributed by atoms with Crippen LogP contribution in [0.3, 0.4) is 0 Å². The van der Waals surface area contributed by atoms with Gasteiger partial charge in [-0.25, -0.2) is 9.78 Å². The van der Waals surface area contributed by atoms with Crippen molar-refractivity contribution in [3.63, 3.8) is 0 Å². The van der Waals surface area contributed by atoms with Crippen LogP contribution in [0.4, 0.5) is 23.8 Å². The van der Waals surface area contributed by atoms with Gasteiger partial charge in [-0.15, -0.1) is 11.3 Å². The molecule has 0 aliphatic carbocycles. The van der Waals surface area contributed by atoms with Crippen LogP contribution in [0.15, 0.2) is 11.4 Å². The summed E-state index contributed by atoms with van der Waals surface area (Å²) >= 11 is -0.218. The number of piperidine rings is 1. The normalized spacial score (nSPS) is 17.0. The molecule has 33 heavy (non-hydrogen) atoms. The van der Waals surface area contributed by atoms with Gasteiger partial charge in [-0.3, -0.25) is 4.79 Å². The highest BCUT2D eigenvalue weighted by molar-refractivity contribution is 7.90. The average Bonchev–Trinajstić information content (AvgIpc) is 3.15. The van der Waals surface area contributed by atoms with Gasteiger partial charge in [-0.2, -0.15) is 13.2 Å². The average molecular weight is 507 g/mol. The Morgan fingerprint density at radius 3 is 2.64 bits per heavy atom. The summed E-state index contributed by atoms with van der Waals surface area (Å²) in [5, 5.41) is 6.43. The lowest BCUT2D eigenvalue weighted by Gasteiger charge is -2.33. The van der Waals surface area contributed by atoms with Crippen LogP contribution in [0.25, 0.3) is 10.2 Å². The first-order valence-corrected chi connectivity index (χ1v) is 12.8. The maximum absolute atomic E-state index is 13.7. The summed E-state index contributed by atoms with van der Waals surface area (Å²) in [5.41, 5.74) is -0.714. The van der Waals surface area contributed by atoms with Crippen LogP contribution < -0.4 is 15.5 Å². The van der Waals surface area contributed by atoms with Crippen LogP contribution in [0.1, 0.15) is 35.7 Å². The van der Waals surface area contributed by atoms with E-state index in [-0.39, 0.29) is 27.6 Å². The Labute approximate surface area is 196 Å². The second kappa shape index (κ2) is 10.3. The number of hydrogen-bond acceptors (Lipinski definition) is 7. The topological polar surface area (TPSA) is 107 Å². The number of aromatic nitrogens is 1. The van der Waals surface area contributed by atoms with Crippen LogP contribution in [0.2, 0.25) is 0 Å². The van der Waals surface area contributed by atoms with E-state index in [1.807, 2.05) is 0 Å². The largest absolute Gasteiger partial charge is 0.616 e. The van der Waals surface area contributed by atoms with Gasteiger partial charge in [0.15, 0.2) is 0 Å². The van der Waals surface area contributed by atoms with E-state index >= 15 is 0 Å². The van der Waals surface area contributed by atoms with E-state index in [4.69, 9.17) is 4.74 Å². The minimum Gasteiger partial charge on any atom is -0.616 e. The van der Waals surface area contributed by atoms with Gasteiger partial charge < -0.3 is 24.8 Å². The lowest BCUT2D eigenvalue weighted by atomic mass is 10.1. The summed E-state index contributed by atoms with van der Waals surface area (Å²) in [4.78, 5) is 30.2. The van der Waals surface area contributed by atoms with E-state index in [9.17, 15) is 27.3 Å². The Hall–Kier alpha value is -2.25. The molecule has 2 unspecified atom stereocenters. The molecule has 0 aromatic carbocycles. The Kier molecular flexibility index (Phi) is 7.96. The number of rotatable bonds is 6. The quantitative estimate of drug-likeness (QED) is 0.583. The molecule has 2 atom stereocenters. The van der Waals surface area contributed by atoms with Crippen molar-refractivity contribution in [3.05, 3.63) is 22.6 Å². The fourth-order valence-electron chi connectivity index (χ4n) is 3.65. The van der Waals surface area contributed by atoms with Crippen LogP contribution in [-0.4, -0.2) is 65.8 Å². The van der Waals surface area contributed by atoms with Crippen molar-refractivity contribution < 1.29 is 32.0 Å². The zero-order chi connectivity index (χ0) is 24.3. The predicted molar refractivity (Wildman–Crippen MR) is 121 cm³/mol. The van der Waals surface area contributed by atoms with Crippen LogP contribution >= 0.6 is 11.3 Å². The first-order valence-electron chi connectivity index (χ1n) is 10.2. The van der Waals surface area contributed by atoms with Gasteiger partial charge in [-0.05, 0) is 13.0 Å². The maximum Gasteiger partial charge on any atom is 0.417 e.